The summed E-state index contributed by atoms with van der Waals surface area (Å²) in [4.78, 5) is 5.44. The molecule has 0 N–H and O–H groups in total. The molecule has 2 aliphatic rings. The molecule has 0 bridgehead atoms. The van der Waals surface area contributed by atoms with Crippen LogP contribution in [0.2, 0.25) is 0 Å². The molecule has 0 amide bonds. The van der Waals surface area contributed by atoms with Crippen molar-refractivity contribution in [1.29, 1.82) is 0 Å². The molecule has 2 aromatic carbocycles. The third kappa shape index (κ3) is 2.82. The van der Waals surface area contributed by atoms with Gasteiger partial charge in [0.2, 0.25) is 21.0 Å². The second kappa shape index (κ2) is 6.31. The van der Waals surface area contributed by atoms with Crippen molar-refractivity contribution in [3.63, 3.8) is 0 Å². The zero-order valence-corrected chi connectivity index (χ0v) is 14.5. The van der Waals surface area contributed by atoms with E-state index in [1.54, 1.807) is 0 Å². The summed E-state index contributed by atoms with van der Waals surface area (Å²) in [6.07, 6.45) is 5.50. The highest BCUT2D eigenvalue weighted by Gasteiger charge is 2.40. The first-order chi connectivity index (χ1) is 10.8. The Morgan fingerprint density at radius 3 is 2.23 bits per heavy atom. The highest BCUT2D eigenvalue weighted by Crippen LogP contribution is 2.46. The van der Waals surface area contributed by atoms with Gasteiger partial charge >= 0.3 is 0 Å². The third-order valence-corrected chi connectivity index (χ3v) is 7.82. The van der Waals surface area contributed by atoms with Gasteiger partial charge in [0.25, 0.3) is 0 Å². The quantitative estimate of drug-likeness (QED) is 0.654. The molecule has 0 saturated heterocycles. The zero-order chi connectivity index (χ0) is 14.9. The molecular weight excluding hydrogens is 308 g/mol. The van der Waals surface area contributed by atoms with Gasteiger partial charge in [-0.25, -0.2) is 0 Å². The van der Waals surface area contributed by atoms with Gasteiger partial charge in [-0.15, -0.1) is 0 Å². The number of fused-ring (bicyclic) bond motifs is 2. The van der Waals surface area contributed by atoms with Gasteiger partial charge in [-0.1, -0.05) is 55.8 Å². The monoisotopic (exact) mass is 329 g/mol. The summed E-state index contributed by atoms with van der Waals surface area (Å²) in [5, 5.41) is 0. The van der Waals surface area contributed by atoms with E-state index in [9.17, 15) is 0 Å². The molecule has 1 nitrogen and oxygen atoms in total. The van der Waals surface area contributed by atoms with Gasteiger partial charge in [0.15, 0.2) is 0 Å². The van der Waals surface area contributed by atoms with Crippen molar-refractivity contribution >= 4 is 22.9 Å². The van der Waals surface area contributed by atoms with Gasteiger partial charge in [0, 0.05) is 0 Å². The van der Waals surface area contributed by atoms with Crippen molar-refractivity contribution in [2.45, 2.75) is 58.3 Å². The second-order valence-corrected chi connectivity index (χ2v) is 8.95. The smallest absolute Gasteiger partial charge is 0.158 e. The lowest BCUT2D eigenvalue weighted by molar-refractivity contribution is 0.148. The molecule has 1 aliphatic heterocycles. The summed E-state index contributed by atoms with van der Waals surface area (Å²) < 4.78 is 6.67. The molecule has 0 aromatic heterocycles. The minimum atomic E-state index is -0.228. The van der Waals surface area contributed by atoms with Crippen LogP contribution in [0.25, 0.3) is 0 Å². The maximum absolute atomic E-state index is 6.67. The van der Waals surface area contributed by atoms with E-state index in [4.69, 9.17) is 4.18 Å². The molecule has 114 valence electrons. The standard InChI is InChI=1S/C19H21OS2/c1-14-7-6-8-15(13-14)20-22-18-11-4-2-9-16(18)21-17-10-3-5-12-19(17)22/h2-5,9-12,14-15H,6-8,13H2,1H3/q+1/t14-,15+/m1/s1. The fourth-order valence-electron chi connectivity index (χ4n) is 3.32. The molecule has 2 aromatic rings. The molecule has 1 fully saturated rings. The highest BCUT2D eigenvalue weighted by molar-refractivity contribution is 8.02. The summed E-state index contributed by atoms with van der Waals surface area (Å²) in [6, 6.07) is 17.5. The molecule has 1 heterocycles. The zero-order valence-electron chi connectivity index (χ0n) is 12.8. The lowest BCUT2D eigenvalue weighted by Gasteiger charge is -2.26. The Balaban J connectivity index is 1.68. The van der Waals surface area contributed by atoms with Crippen molar-refractivity contribution in [3.05, 3.63) is 48.5 Å². The van der Waals surface area contributed by atoms with E-state index in [2.05, 4.69) is 55.5 Å². The number of hydrogen-bond donors (Lipinski definition) is 0. The average molecular weight is 330 g/mol. The molecular formula is C19H21OS2+. The van der Waals surface area contributed by atoms with E-state index in [0.29, 0.717) is 6.10 Å². The molecule has 4 rings (SSSR count). The van der Waals surface area contributed by atoms with Crippen LogP contribution in [0.4, 0.5) is 0 Å². The Labute approximate surface area is 140 Å². The van der Waals surface area contributed by atoms with Crippen LogP contribution >= 0.6 is 11.8 Å². The van der Waals surface area contributed by atoms with Crippen LogP contribution in [0.1, 0.15) is 32.6 Å². The van der Waals surface area contributed by atoms with Crippen molar-refractivity contribution in [3.8, 4) is 0 Å². The number of benzene rings is 2. The molecule has 0 radical (unpaired) electrons. The number of hydrogen-bond acceptors (Lipinski definition) is 2. The van der Waals surface area contributed by atoms with Crippen molar-refractivity contribution < 1.29 is 4.18 Å². The van der Waals surface area contributed by atoms with Crippen LogP contribution in [-0.4, -0.2) is 6.10 Å². The Morgan fingerprint density at radius 2 is 1.59 bits per heavy atom. The SMILES string of the molecule is C[C@@H]1CCC[C@H](O[S+]2c3ccccc3Sc3ccccc32)C1. The first-order valence-corrected chi connectivity index (χ1v) is 10.1. The third-order valence-electron chi connectivity index (χ3n) is 4.44. The number of rotatable bonds is 2. The predicted molar refractivity (Wildman–Crippen MR) is 93.4 cm³/mol. The minimum Gasteiger partial charge on any atom is -0.158 e. The fourth-order valence-corrected chi connectivity index (χ4v) is 6.69. The van der Waals surface area contributed by atoms with Crippen molar-refractivity contribution in [1.82, 2.24) is 0 Å². The first-order valence-electron chi connectivity index (χ1n) is 8.08. The van der Waals surface area contributed by atoms with Crippen molar-refractivity contribution in [2.24, 2.45) is 5.92 Å². The van der Waals surface area contributed by atoms with Crippen LogP contribution in [0.3, 0.4) is 0 Å². The lowest BCUT2D eigenvalue weighted by Crippen LogP contribution is -2.26. The minimum absolute atomic E-state index is 0.228. The van der Waals surface area contributed by atoms with Gasteiger partial charge < -0.3 is 0 Å². The Bertz CT molecular complexity index is 624. The summed E-state index contributed by atoms with van der Waals surface area (Å²) in [7, 11) is 0. The van der Waals surface area contributed by atoms with Gasteiger partial charge in [-0.2, -0.15) is 4.18 Å². The molecule has 0 spiro atoms. The Morgan fingerprint density at radius 1 is 0.955 bits per heavy atom. The van der Waals surface area contributed by atoms with Crippen LogP contribution < -0.4 is 0 Å². The summed E-state index contributed by atoms with van der Waals surface area (Å²) in [5.74, 6) is 0.798. The second-order valence-electron chi connectivity index (χ2n) is 6.25. The van der Waals surface area contributed by atoms with E-state index in [1.165, 1.54) is 45.3 Å². The van der Waals surface area contributed by atoms with Gasteiger partial charge in [-0.3, -0.25) is 0 Å². The maximum atomic E-state index is 6.67. The molecule has 2 atom stereocenters. The van der Waals surface area contributed by atoms with E-state index < -0.39 is 0 Å². The Hall–Kier alpha value is -0.900. The van der Waals surface area contributed by atoms with Crippen LogP contribution in [0.15, 0.2) is 68.1 Å². The molecule has 1 saturated carbocycles. The summed E-state index contributed by atoms with van der Waals surface area (Å²) >= 11 is 1.65. The van der Waals surface area contributed by atoms with Crippen LogP contribution in [0, 0.1) is 5.92 Å². The molecule has 22 heavy (non-hydrogen) atoms. The Kier molecular flexibility index (Phi) is 4.21. The largest absolute Gasteiger partial charge is 0.225 e. The highest BCUT2D eigenvalue weighted by atomic mass is 32.2. The van der Waals surface area contributed by atoms with E-state index in [1.807, 2.05) is 11.8 Å². The fraction of sp³-hybridized carbons (Fsp3) is 0.368. The van der Waals surface area contributed by atoms with Gasteiger partial charge in [0.1, 0.15) is 6.10 Å². The topological polar surface area (TPSA) is 9.23 Å². The van der Waals surface area contributed by atoms with E-state index in [-0.39, 0.29) is 11.2 Å². The molecule has 0 unspecified atom stereocenters. The maximum Gasteiger partial charge on any atom is 0.225 e. The normalized spacial score (nSPS) is 24.6. The average Bonchev–Trinajstić information content (AvgIpc) is 2.55. The van der Waals surface area contributed by atoms with Gasteiger partial charge in [-0.05, 0) is 43.0 Å². The summed E-state index contributed by atoms with van der Waals surface area (Å²) in [5.41, 5.74) is 0. The lowest BCUT2D eigenvalue weighted by atomic mass is 9.89. The first kappa shape index (κ1) is 14.7. The van der Waals surface area contributed by atoms with Gasteiger partial charge in [0.05, 0.1) is 9.79 Å². The molecule has 1 aliphatic carbocycles. The van der Waals surface area contributed by atoms with Crippen molar-refractivity contribution in [2.75, 3.05) is 0 Å². The van der Waals surface area contributed by atoms with E-state index >= 15 is 0 Å². The molecule has 3 heteroatoms. The van der Waals surface area contributed by atoms with E-state index in [0.717, 1.165) is 5.92 Å². The van der Waals surface area contributed by atoms with Crippen LogP contribution in [-0.2, 0) is 15.4 Å². The van der Waals surface area contributed by atoms with Crippen LogP contribution in [0.5, 0.6) is 0 Å². The predicted octanol–water partition coefficient (Wildman–Crippen LogP) is 5.70. The summed E-state index contributed by atoms with van der Waals surface area (Å²) in [6.45, 7) is 2.36.